The highest BCUT2D eigenvalue weighted by Crippen LogP contribution is 2.45. The van der Waals surface area contributed by atoms with Crippen LogP contribution in [0.25, 0.3) is 0 Å². The van der Waals surface area contributed by atoms with Crippen LogP contribution in [0.4, 0.5) is 0 Å². The Bertz CT molecular complexity index is 1930. The summed E-state index contributed by atoms with van der Waals surface area (Å²) in [5.41, 5.74) is 0. The van der Waals surface area contributed by atoms with E-state index in [1.807, 2.05) is 0 Å². The molecule has 2 unspecified atom stereocenters. The highest BCUT2D eigenvalue weighted by Gasteiger charge is 2.30. The molecule has 0 rings (SSSR count). The fourth-order valence-corrected chi connectivity index (χ4v) is 14.3. The van der Waals surface area contributed by atoms with Gasteiger partial charge < -0.3 is 33.8 Å². The number of phosphoric acid groups is 2. The van der Waals surface area contributed by atoms with Gasteiger partial charge in [0, 0.05) is 25.7 Å². The third-order valence-corrected chi connectivity index (χ3v) is 21.2. The van der Waals surface area contributed by atoms with Crippen LogP contribution in [-0.2, 0) is 65.4 Å². The highest BCUT2D eigenvalue weighted by molar-refractivity contribution is 7.47. The van der Waals surface area contributed by atoms with Gasteiger partial charge in [0.1, 0.15) is 19.3 Å². The van der Waals surface area contributed by atoms with Crippen molar-refractivity contribution in [2.24, 2.45) is 5.92 Å². The largest absolute Gasteiger partial charge is 0.472 e. The summed E-state index contributed by atoms with van der Waals surface area (Å²) in [6, 6.07) is 0. The predicted molar refractivity (Wildman–Crippen MR) is 414 cm³/mol. The molecule has 0 fully saturated rings. The van der Waals surface area contributed by atoms with E-state index in [2.05, 4.69) is 34.6 Å². The minimum atomic E-state index is -4.96. The zero-order valence-electron chi connectivity index (χ0n) is 66.1. The molecule has 0 saturated carbocycles. The summed E-state index contributed by atoms with van der Waals surface area (Å²) < 4.78 is 68.8. The van der Waals surface area contributed by atoms with E-state index >= 15 is 0 Å². The third-order valence-electron chi connectivity index (χ3n) is 19.3. The molecule has 0 aliphatic rings. The zero-order valence-corrected chi connectivity index (χ0v) is 67.8. The Morgan fingerprint density at radius 3 is 0.673 bits per heavy atom. The number of unbranched alkanes of at least 4 members (excludes halogenated alkanes) is 54. The summed E-state index contributed by atoms with van der Waals surface area (Å²) in [4.78, 5) is 73.1. The van der Waals surface area contributed by atoms with E-state index in [1.165, 1.54) is 263 Å². The molecule has 0 aromatic rings. The Labute approximate surface area is 619 Å². The number of esters is 4. The molecule has 0 spiro atoms. The molecule has 0 aliphatic heterocycles. The maximum absolute atomic E-state index is 13.1. The van der Waals surface area contributed by atoms with E-state index < -0.39 is 97.5 Å². The zero-order chi connectivity index (χ0) is 74.1. The van der Waals surface area contributed by atoms with Gasteiger partial charge in [0.15, 0.2) is 12.2 Å². The lowest BCUT2D eigenvalue weighted by molar-refractivity contribution is -0.161. The first-order valence-electron chi connectivity index (χ1n) is 42.6. The van der Waals surface area contributed by atoms with Crippen molar-refractivity contribution in [3.05, 3.63) is 0 Å². The van der Waals surface area contributed by atoms with Gasteiger partial charge in [-0.1, -0.05) is 388 Å². The lowest BCUT2D eigenvalue weighted by Crippen LogP contribution is -2.30. The first-order chi connectivity index (χ1) is 49.0. The second-order valence-electron chi connectivity index (χ2n) is 30.0. The standard InChI is InChI=1S/C82H160O17P2/c1-6-9-12-15-18-21-24-27-30-32-34-37-39-45-50-55-60-65-79(84)92-71-77(98-82(87)68-63-58-53-48-41-38-35-33-31-28-25-22-19-16-13-10-7-2)73-96-100(88,89)94-69-76(83)70-95-101(90,91)97-74-78(72-93-80(85)66-61-56-51-46-43-42-44-49-54-59-64-75(4)5)99-81(86)67-62-57-52-47-40-36-29-26-23-20-17-14-11-8-3/h75-78,83H,6-74H2,1-5H3,(H,88,89)(H,90,91)/t76-,77-,78-/m1/s1. The number of ether oxygens (including phenoxy) is 4. The Balaban J connectivity index is 5.26. The van der Waals surface area contributed by atoms with Crippen molar-refractivity contribution in [2.45, 2.75) is 457 Å². The molecule has 0 aromatic carbocycles. The second kappa shape index (κ2) is 74.9. The molecular weight excluding hydrogens is 1320 g/mol. The minimum absolute atomic E-state index is 0.108. The maximum Gasteiger partial charge on any atom is 0.472 e. The lowest BCUT2D eigenvalue weighted by Gasteiger charge is -2.21. The van der Waals surface area contributed by atoms with Crippen molar-refractivity contribution < 1.29 is 80.2 Å². The van der Waals surface area contributed by atoms with Crippen LogP contribution in [0.1, 0.15) is 439 Å². The smallest absolute Gasteiger partial charge is 0.462 e. The van der Waals surface area contributed by atoms with Gasteiger partial charge in [-0.3, -0.25) is 37.3 Å². The molecule has 101 heavy (non-hydrogen) atoms. The molecule has 0 aliphatic carbocycles. The van der Waals surface area contributed by atoms with Crippen molar-refractivity contribution >= 4 is 39.5 Å². The van der Waals surface area contributed by atoms with Crippen molar-refractivity contribution in [3.63, 3.8) is 0 Å². The van der Waals surface area contributed by atoms with Crippen molar-refractivity contribution in [1.82, 2.24) is 0 Å². The van der Waals surface area contributed by atoms with E-state index in [9.17, 15) is 43.2 Å². The maximum atomic E-state index is 13.1. The number of carbonyl (C=O) groups excluding carboxylic acids is 4. The fraction of sp³-hybridized carbons (Fsp3) is 0.951. The number of rotatable bonds is 82. The van der Waals surface area contributed by atoms with E-state index in [1.54, 1.807) is 0 Å². The fourth-order valence-electron chi connectivity index (χ4n) is 12.8. The van der Waals surface area contributed by atoms with Gasteiger partial charge in [-0.2, -0.15) is 0 Å². The Kier molecular flexibility index (Phi) is 73.5. The molecule has 5 atom stereocenters. The minimum Gasteiger partial charge on any atom is -0.462 e. The van der Waals surface area contributed by atoms with Crippen molar-refractivity contribution in [1.29, 1.82) is 0 Å². The number of carbonyl (C=O) groups is 4. The molecule has 600 valence electrons. The van der Waals surface area contributed by atoms with Crippen LogP contribution in [0.5, 0.6) is 0 Å². The lowest BCUT2D eigenvalue weighted by atomic mass is 10.0. The highest BCUT2D eigenvalue weighted by atomic mass is 31.2. The topological polar surface area (TPSA) is 237 Å². The van der Waals surface area contributed by atoms with Crippen LogP contribution in [0, 0.1) is 5.92 Å². The molecule has 3 N–H and O–H groups in total. The first kappa shape index (κ1) is 99.1. The molecular formula is C82H160O17P2. The van der Waals surface area contributed by atoms with Crippen LogP contribution < -0.4 is 0 Å². The monoisotopic (exact) mass is 1480 g/mol. The molecule has 0 bridgehead atoms. The summed E-state index contributed by atoms with van der Waals surface area (Å²) in [5.74, 6) is -1.34. The molecule has 19 heteroatoms. The number of phosphoric ester groups is 2. The van der Waals surface area contributed by atoms with E-state index in [0.29, 0.717) is 25.7 Å². The summed E-state index contributed by atoms with van der Waals surface area (Å²) in [6.07, 6.45) is 66.5. The van der Waals surface area contributed by atoms with E-state index in [4.69, 9.17) is 37.0 Å². The average molecular weight is 1480 g/mol. The predicted octanol–water partition coefficient (Wildman–Crippen LogP) is 24.8. The summed E-state index contributed by atoms with van der Waals surface area (Å²) >= 11 is 0. The van der Waals surface area contributed by atoms with Gasteiger partial charge in [0.2, 0.25) is 0 Å². The van der Waals surface area contributed by atoms with Gasteiger partial charge >= 0.3 is 39.5 Å². The molecule has 0 heterocycles. The average Bonchev–Trinajstić information content (AvgIpc) is 0.922. The first-order valence-corrected chi connectivity index (χ1v) is 45.6. The normalized spacial score (nSPS) is 13.8. The van der Waals surface area contributed by atoms with Crippen molar-refractivity contribution in [3.8, 4) is 0 Å². The van der Waals surface area contributed by atoms with Crippen LogP contribution in [0.15, 0.2) is 0 Å². The van der Waals surface area contributed by atoms with Gasteiger partial charge in [-0.05, 0) is 31.6 Å². The van der Waals surface area contributed by atoms with Crippen LogP contribution in [0.2, 0.25) is 0 Å². The number of hydrogen-bond acceptors (Lipinski definition) is 15. The summed E-state index contributed by atoms with van der Waals surface area (Å²) in [6.45, 7) is 7.34. The Morgan fingerprint density at radius 1 is 0.267 bits per heavy atom. The van der Waals surface area contributed by atoms with E-state index in [0.717, 1.165) is 95.8 Å². The molecule has 0 saturated heterocycles. The molecule has 0 amide bonds. The number of hydrogen-bond donors (Lipinski definition) is 3. The SMILES string of the molecule is CCCCCCCCCCCCCCCCCCCC(=O)OC[C@H](COP(=O)(O)OC[C@@H](O)COP(=O)(O)OC[C@@H](COC(=O)CCCCCCCCCCCCC(C)C)OC(=O)CCCCCCCCCCCCCCCC)OC(=O)CCCCCCCCCCCCCCCCCCC. The van der Waals surface area contributed by atoms with Crippen LogP contribution in [0.3, 0.4) is 0 Å². The van der Waals surface area contributed by atoms with Gasteiger partial charge in [-0.25, -0.2) is 9.13 Å². The molecule has 0 aromatic heterocycles. The van der Waals surface area contributed by atoms with Crippen LogP contribution >= 0.6 is 15.6 Å². The molecule has 0 radical (unpaired) electrons. The Hall–Kier alpha value is -1.94. The van der Waals surface area contributed by atoms with Gasteiger partial charge in [-0.15, -0.1) is 0 Å². The Morgan fingerprint density at radius 2 is 0.455 bits per heavy atom. The van der Waals surface area contributed by atoms with Crippen molar-refractivity contribution in [2.75, 3.05) is 39.6 Å². The second-order valence-corrected chi connectivity index (χ2v) is 32.9. The quantitative estimate of drug-likeness (QED) is 0.0222. The molecule has 17 nitrogen and oxygen atoms in total. The van der Waals surface area contributed by atoms with Crippen LogP contribution in [-0.4, -0.2) is 96.7 Å². The summed E-state index contributed by atoms with van der Waals surface area (Å²) in [5, 5.41) is 10.7. The third kappa shape index (κ3) is 76.1. The van der Waals surface area contributed by atoms with E-state index in [-0.39, 0.29) is 25.7 Å². The number of aliphatic hydroxyl groups excluding tert-OH is 1. The number of aliphatic hydroxyl groups is 1. The van der Waals surface area contributed by atoms with Gasteiger partial charge in [0.05, 0.1) is 26.4 Å². The summed E-state index contributed by atoms with van der Waals surface area (Å²) in [7, 11) is -9.92. The van der Waals surface area contributed by atoms with Gasteiger partial charge in [0.25, 0.3) is 0 Å².